The second-order valence-corrected chi connectivity index (χ2v) is 4.37. The van der Waals surface area contributed by atoms with Crippen molar-refractivity contribution in [1.29, 1.82) is 5.41 Å². The minimum atomic E-state index is 0.483. The van der Waals surface area contributed by atoms with Crippen LogP contribution in [0.5, 0.6) is 0 Å². The Kier molecular flexibility index (Phi) is 2.85. The highest BCUT2D eigenvalue weighted by Crippen LogP contribution is 2.32. The second-order valence-electron chi connectivity index (χ2n) is 4.37. The first-order valence-corrected chi connectivity index (χ1v) is 5.80. The molecule has 0 bridgehead atoms. The first kappa shape index (κ1) is 9.70. The van der Waals surface area contributed by atoms with Crippen molar-refractivity contribution in [3.8, 4) is 0 Å². The Balaban J connectivity index is 2.30. The highest BCUT2D eigenvalue weighted by atomic mass is 14.5. The normalized spacial score (nSPS) is 27.5. The van der Waals surface area contributed by atoms with Crippen molar-refractivity contribution in [2.24, 2.45) is 5.92 Å². The molecule has 1 atom stereocenters. The predicted octanol–water partition coefficient (Wildman–Crippen LogP) is 3.86. The van der Waals surface area contributed by atoms with Crippen LogP contribution in [0.25, 0.3) is 0 Å². The van der Waals surface area contributed by atoms with Crippen molar-refractivity contribution in [3.63, 3.8) is 0 Å². The fourth-order valence-corrected chi connectivity index (χ4v) is 2.53. The van der Waals surface area contributed by atoms with Crippen LogP contribution in [0.1, 0.15) is 45.4 Å². The Labute approximate surface area is 86.4 Å². The largest absolute Gasteiger partial charge is 0.305 e. The molecule has 0 aliphatic heterocycles. The van der Waals surface area contributed by atoms with Crippen LogP contribution in [0.4, 0.5) is 0 Å². The average molecular weight is 189 g/mol. The molecule has 0 spiro atoms. The smallest absolute Gasteiger partial charge is 0.0382 e. The van der Waals surface area contributed by atoms with Gasteiger partial charge in [-0.05, 0) is 49.7 Å². The quantitative estimate of drug-likeness (QED) is 0.647. The molecule has 0 fully saturated rings. The average Bonchev–Trinajstić information content (AvgIpc) is 2.39. The van der Waals surface area contributed by atoms with E-state index in [1.54, 1.807) is 0 Å². The SMILES string of the molecule is CCC1CC=CC2=C(CCCC2)C1=N. The lowest BCUT2D eigenvalue weighted by atomic mass is 9.85. The molecule has 0 saturated heterocycles. The topological polar surface area (TPSA) is 23.9 Å². The van der Waals surface area contributed by atoms with Gasteiger partial charge in [-0.1, -0.05) is 19.1 Å². The highest BCUT2D eigenvalue weighted by molar-refractivity contribution is 6.01. The Morgan fingerprint density at radius 1 is 1.36 bits per heavy atom. The van der Waals surface area contributed by atoms with E-state index in [2.05, 4.69) is 19.1 Å². The summed E-state index contributed by atoms with van der Waals surface area (Å²) in [5, 5.41) is 8.21. The van der Waals surface area contributed by atoms with Crippen LogP contribution in [0.15, 0.2) is 23.3 Å². The van der Waals surface area contributed by atoms with Gasteiger partial charge in [0.25, 0.3) is 0 Å². The molecule has 1 nitrogen and oxygen atoms in total. The first-order valence-electron chi connectivity index (χ1n) is 5.80. The van der Waals surface area contributed by atoms with E-state index < -0.39 is 0 Å². The van der Waals surface area contributed by atoms with Gasteiger partial charge < -0.3 is 5.41 Å². The van der Waals surface area contributed by atoms with Crippen LogP contribution in [0.2, 0.25) is 0 Å². The minimum absolute atomic E-state index is 0.483. The monoisotopic (exact) mass is 189 g/mol. The summed E-state index contributed by atoms with van der Waals surface area (Å²) in [6.45, 7) is 2.20. The van der Waals surface area contributed by atoms with Gasteiger partial charge in [-0.3, -0.25) is 0 Å². The summed E-state index contributed by atoms with van der Waals surface area (Å²) in [6.07, 6.45) is 11.7. The third-order valence-corrected chi connectivity index (χ3v) is 3.48. The maximum absolute atomic E-state index is 8.21. The molecule has 1 N–H and O–H groups in total. The van der Waals surface area contributed by atoms with Gasteiger partial charge in [0.1, 0.15) is 0 Å². The van der Waals surface area contributed by atoms with Crippen LogP contribution in [0, 0.1) is 11.3 Å². The lowest BCUT2D eigenvalue weighted by Crippen LogP contribution is -2.16. The standard InChI is InChI=1S/C13H19N/c1-2-10-7-5-8-11-6-3-4-9-12(11)13(10)14/h5,8,10,14H,2-4,6-7,9H2,1H3. The Bertz CT molecular complexity index is 296. The Morgan fingerprint density at radius 2 is 2.14 bits per heavy atom. The number of allylic oxidation sites excluding steroid dienone is 4. The molecule has 2 aliphatic carbocycles. The lowest BCUT2D eigenvalue weighted by Gasteiger charge is -2.21. The summed E-state index contributed by atoms with van der Waals surface area (Å²) in [7, 11) is 0. The molecule has 0 aromatic rings. The van der Waals surface area contributed by atoms with E-state index in [0.717, 1.165) is 25.0 Å². The molecule has 0 aromatic heterocycles. The number of nitrogens with one attached hydrogen (secondary N) is 1. The lowest BCUT2D eigenvalue weighted by molar-refractivity contribution is 0.658. The van der Waals surface area contributed by atoms with Gasteiger partial charge in [0.15, 0.2) is 0 Å². The summed E-state index contributed by atoms with van der Waals surface area (Å²) >= 11 is 0. The van der Waals surface area contributed by atoms with Crippen molar-refractivity contribution in [3.05, 3.63) is 23.3 Å². The van der Waals surface area contributed by atoms with Crippen LogP contribution in [-0.2, 0) is 0 Å². The van der Waals surface area contributed by atoms with Gasteiger partial charge in [-0.25, -0.2) is 0 Å². The Hall–Kier alpha value is -0.850. The number of hydrogen-bond acceptors (Lipinski definition) is 1. The Morgan fingerprint density at radius 3 is 2.93 bits per heavy atom. The molecule has 2 rings (SSSR count). The van der Waals surface area contributed by atoms with Gasteiger partial charge in [-0.15, -0.1) is 0 Å². The highest BCUT2D eigenvalue weighted by Gasteiger charge is 2.22. The molecule has 76 valence electrons. The van der Waals surface area contributed by atoms with Crippen LogP contribution in [-0.4, -0.2) is 5.71 Å². The maximum atomic E-state index is 8.21. The molecular formula is C13H19N. The summed E-state index contributed by atoms with van der Waals surface area (Å²) in [6, 6.07) is 0. The summed E-state index contributed by atoms with van der Waals surface area (Å²) in [5.41, 5.74) is 3.77. The van der Waals surface area contributed by atoms with Crippen molar-refractivity contribution in [2.75, 3.05) is 0 Å². The minimum Gasteiger partial charge on any atom is -0.305 e. The number of hydrogen-bond donors (Lipinski definition) is 1. The molecule has 0 saturated carbocycles. The van der Waals surface area contributed by atoms with E-state index >= 15 is 0 Å². The third kappa shape index (κ3) is 1.68. The van der Waals surface area contributed by atoms with Crippen LogP contribution >= 0.6 is 0 Å². The summed E-state index contributed by atoms with van der Waals surface area (Å²) in [4.78, 5) is 0. The maximum Gasteiger partial charge on any atom is 0.0382 e. The van der Waals surface area contributed by atoms with E-state index in [1.165, 1.54) is 30.4 Å². The van der Waals surface area contributed by atoms with Gasteiger partial charge in [0, 0.05) is 11.6 Å². The molecule has 0 heterocycles. The van der Waals surface area contributed by atoms with Gasteiger partial charge in [0.2, 0.25) is 0 Å². The van der Waals surface area contributed by atoms with E-state index in [0.29, 0.717) is 5.92 Å². The van der Waals surface area contributed by atoms with Gasteiger partial charge >= 0.3 is 0 Å². The van der Waals surface area contributed by atoms with Gasteiger partial charge in [-0.2, -0.15) is 0 Å². The second kappa shape index (κ2) is 4.12. The molecule has 14 heavy (non-hydrogen) atoms. The van der Waals surface area contributed by atoms with Crippen molar-refractivity contribution >= 4 is 5.71 Å². The van der Waals surface area contributed by atoms with Crippen molar-refractivity contribution in [1.82, 2.24) is 0 Å². The number of rotatable bonds is 1. The van der Waals surface area contributed by atoms with E-state index in [1.807, 2.05) is 0 Å². The zero-order chi connectivity index (χ0) is 9.97. The van der Waals surface area contributed by atoms with Crippen molar-refractivity contribution in [2.45, 2.75) is 45.4 Å². The molecule has 0 amide bonds. The molecule has 1 unspecified atom stereocenters. The molecular weight excluding hydrogens is 170 g/mol. The van der Waals surface area contributed by atoms with Crippen molar-refractivity contribution < 1.29 is 0 Å². The van der Waals surface area contributed by atoms with Crippen LogP contribution in [0.3, 0.4) is 0 Å². The van der Waals surface area contributed by atoms with E-state index in [-0.39, 0.29) is 0 Å². The summed E-state index contributed by atoms with van der Waals surface area (Å²) < 4.78 is 0. The molecule has 0 radical (unpaired) electrons. The fraction of sp³-hybridized carbons (Fsp3) is 0.615. The van der Waals surface area contributed by atoms with E-state index in [4.69, 9.17) is 5.41 Å². The zero-order valence-corrected chi connectivity index (χ0v) is 8.97. The predicted molar refractivity (Wildman–Crippen MR) is 60.8 cm³/mol. The van der Waals surface area contributed by atoms with E-state index in [9.17, 15) is 0 Å². The fourth-order valence-electron chi connectivity index (χ4n) is 2.53. The summed E-state index contributed by atoms with van der Waals surface area (Å²) in [5.74, 6) is 0.483. The van der Waals surface area contributed by atoms with Gasteiger partial charge in [0.05, 0.1) is 0 Å². The molecule has 1 heteroatoms. The zero-order valence-electron chi connectivity index (χ0n) is 8.97. The molecule has 0 aromatic carbocycles. The molecule has 2 aliphatic rings. The first-order chi connectivity index (χ1) is 6.83. The van der Waals surface area contributed by atoms with Crippen LogP contribution < -0.4 is 0 Å². The third-order valence-electron chi connectivity index (χ3n) is 3.48.